The average molecular weight is 159 g/mol. The number of rotatable bonds is 5. The van der Waals surface area contributed by atoms with E-state index in [1.54, 1.807) is 0 Å². The number of ether oxygens (including phenoxy) is 1. The second-order valence-corrected chi connectivity index (χ2v) is 2.56. The van der Waals surface area contributed by atoms with E-state index in [4.69, 9.17) is 5.73 Å². The standard InChI is InChI=1S/C8H17NO2/c1-3-7(5-4-6-9)8(10)11-2/h7H,3-6,9H2,1-2H3. The van der Waals surface area contributed by atoms with Crippen molar-refractivity contribution in [2.75, 3.05) is 13.7 Å². The van der Waals surface area contributed by atoms with Gasteiger partial charge >= 0.3 is 5.97 Å². The fraction of sp³-hybridized carbons (Fsp3) is 0.875. The van der Waals surface area contributed by atoms with Crippen LogP contribution in [0, 0.1) is 5.92 Å². The van der Waals surface area contributed by atoms with E-state index in [1.165, 1.54) is 7.11 Å². The van der Waals surface area contributed by atoms with Crippen molar-refractivity contribution in [3.05, 3.63) is 0 Å². The van der Waals surface area contributed by atoms with Crippen LogP contribution < -0.4 is 5.73 Å². The van der Waals surface area contributed by atoms with Crippen LogP contribution in [0.5, 0.6) is 0 Å². The Morgan fingerprint density at radius 2 is 2.27 bits per heavy atom. The van der Waals surface area contributed by atoms with Crippen molar-refractivity contribution >= 4 is 5.97 Å². The molecule has 0 rings (SSSR count). The summed E-state index contributed by atoms with van der Waals surface area (Å²) in [6, 6.07) is 0. The van der Waals surface area contributed by atoms with Gasteiger partial charge in [-0.2, -0.15) is 0 Å². The third-order valence-electron chi connectivity index (χ3n) is 1.78. The molecule has 3 nitrogen and oxygen atoms in total. The molecule has 0 saturated heterocycles. The molecule has 0 spiro atoms. The van der Waals surface area contributed by atoms with Crippen LogP contribution in [0.1, 0.15) is 26.2 Å². The summed E-state index contributed by atoms with van der Waals surface area (Å²) in [6.45, 7) is 2.63. The summed E-state index contributed by atoms with van der Waals surface area (Å²) in [5.74, 6) is -0.0653. The van der Waals surface area contributed by atoms with Crippen LogP contribution >= 0.6 is 0 Å². The molecule has 0 aliphatic heterocycles. The summed E-state index contributed by atoms with van der Waals surface area (Å²) in [7, 11) is 1.42. The summed E-state index contributed by atoms with van der Waals surface area (Å²) < 4.78 is 4.62. The lowest BCUT2D eigenvalue weighted by atomic mass is 10.0. The molecule has 0 radical (unpaired) electrons. The van der Waals surface area contributed by atoms with Gasteiger partial charge in [0.2, 0.25) is 0 Å². The maximum absolute atomic E-state index is 11.0. The third kappa shape index (κ3) is 3.98. The number of carbonyl (C=O) groups excluding carboxylic acids is 1. The zero-order chi connectivity index (χ0) is 8.69. The van der Waals surface area contributed by atoms with E-state index in [-0.39, 0.29) is 11.9 Å². The fourth-order valence-electron chi connectivity index (χ4n) is 1.02. The Bertz CT molecular complexity index is 115. The molecule has 11 heavy (non-hydrogen) atoms. The first-order valence-electron chi connectivity index (χ1n) is 4.04. The van der Waals surface area contributed by atoms with Crippen molar-refractivity contribution in [2.24, 2.45) is 11.7 Å². The molecule has 2 N–H and O–H groups in total. The van der Waals surface area contributed by atoms with Gasteiger partial charge in [-0.1, -0.05) is 6.92 Å². The molecule has 0 aromatic carbocycles. The number of carbonyl (C=O) groups is 1. The van der Waals surface area contributed by atoms with Crippen LogP contribution in [-0.4, -0.2) is 19.6 Å². The van der Waals surface area contributed by atoms with E-state index in [1.807, 2.05) is 6.92 Å². The zero-order valence-electron chi connectivity index (χ0n) is 7.30. The van der Waals surface area contributed by atoms with Gasteiger partial charge in [0.1, 0.15) is 0 Å². The molecule has 0 aromatic heterocycles. The lowest BCUT2D eigenvalue weighted by Crippen LogP contribution is -2.16. The first-order chi connectivity index (χ1) is 5.26. The van der Waals surface area contributed by atoms with Crippen LogP contribution in [0.25, 0.3) is 0 Å². The Labute approximate surface area is 67.9 Å². The molecule has 0 fully saturated rings. The predicted molar refractivity (Wildman–Crippen MR) is 44.1 cm³/mol. The maximum atomic E-state index is 11.0. The number of nitrogens with two attached hydrogens (primary N) is 1. The molecule has 0 saturated carbocycles. The normalized spacial score (nSPS) is 12.6. The molecule has 0 aliphatic carbocycles. The van der Waals surface area contributed by atoms with E-state index in [9.17, 15) is 4.79 Å². The van der Waals surface area contributed by atoms with Gasteiger partial charge in [0, 0.05) is 0 Å². The van der Waals surface area contributed by atoms with Gasteiger partial charge in [0.05, 0.1) is 13.0 Å². The average Bonchev–Trinajstić information content (AvgIpc) is 2.05. The Balaban J connectivity index is 3.65. The summed E-state index contributed by atoms with van der Waals surface area (Å²) in [5, 5.41) is 0. The summed E-state index contributed by atoms with van der Waals surface area (Å²) in [6.07, 6.45) is 2.58. The van der Waals surface area contributed by atoms with Gasteiger partial charge in [-0.15, -0.1) is 0 Å². The number of methoxy groups -OCH3 is 1. The van der Waals surface area contributed by atoms with Crippen LogP contribution in [0.2, 0.25) is 0 Å². The molecule has 0 heterocycles. The van der Waals surface area contributed by atoms with Crippen molar-refractivity contribution < 1.29 is 9.53 Å². The molecular weight excluding hydrogens is 142 g/mol. The summed E-state index contributed by atoms with van der Waals surface area (Å²) in [5.41, 5.74) is 5.32. The van der Waals surface area contributed by atoms with E-state index >= 15 is 0 Å². The summed E-state index contributed by atoms with van der Waals surface area (Å²) in [4.78, 5) is 11.0. The first-order valence-corrected chi connectivity index (χ1v) is 4.04. The Hall–Kier alpha value is -0.570. The second kappa shape index (κ2) is 6.16. The van der Waals surface area contributed by atoms with Crippen LogP contribution in [0.3, 0.4) is 0 Å². The van der Waals surface area contributed by atoms with Gasteiger partial charge in [-0.05, 0) is 25.8 Å². The van der Waals surface area contributed by atoms with E-state index in [2.05, 4.69) is 4.74 Å². The summed E-state index contributed by atoms with van der Waals surface area (Å²) >= 11 is 0. The minimum atomic E-state index is -0.110. The van der Waals surface area contributed by atoms with Crippen molar-refractivity contribution in [1.82, 2.24) is 0 Å². The zero-order valence-corrected chi connectivity index (χ0v) is 7.30. The highest BCUT2D eigenvalue weighted by Gasteiger charge is 2.15. The molecule has 0 aromatic rings. The maximum Gasteiger partial charge on any atom is 0.308 e. The van der Waals surface area contributed by atoms with E-state index < -0.39 is 0 Å². The van der Waals surface area contributed by atoms with Crippen molar-refractivity contribution in [3.63, 3.8) is 0 Å². The number of hydrogen-bond donors (Lipinski definition) is 1. The quantitative estimate of drug-likeness (QED) is 0.607. The van der Waals surface area contributed by atoms with Crippen LogP contribution in [0.4, 0.5) is 0 Å². The number of hydrogen-bond acceptors (Lipinski definition) is 3. The molecule has 1 unspecified atom stereocenters. The number of esters is 1. The first kappa shape index (κ1) is 10.4. The Morgan fingerprint density at radius 1 is 1.64 bits per heavy atom. The molecular formula is C8H17NO2. The second-order valence-electron chi connectivity index (χ2n) is 2.56. The van der Waals surface area contributed by atoms with Crippen molar-refractivity contribution in [1.29, 1.82) is 0 Å². The molecule has 1 atom stereocenters. The van der Waals surface area contributed by atoms with Crippen molar-refractivity contribution in [2.45, 2.75) is 26.2 Å². The van der Waals surface area contributed by atoms with E-state index in [0.29, 0.717) is 6.54 Å². The third-order valence-corrected chi connectivity index (χ3v) is 1.78. The van der Waals surface area contributed by atoms with Crippen LogP contribution in [-0.2, 0) is 9.53 Å². The molecule has 66 valence electrons. The van der Waals surface area contributed by atoms with Gasteiger partial charge < -0.3 is 10.5 Å². The smallest absolute Gasteiger partial charge is 0.308 e. The van der Waals surface area contributed by atoms with Crippen molar-refractivity contribution in [3.8, 4) is 0 Å². The lowest BCUT2D eigenvalue weighted by molar-refractivity contribution is -0.145. The fourth-order valence-corrected chi connectivity index (χ4v) is 1.02. The Morgan fingerprint density at radius 3 is 2.64 bits per heavy atom. The topological polar surface area (TPSA) is 52.3 Å². The molecule has 0 bridgehead atoms. The largest absolute Gasteiger partial charge is 0.469 e. The van der Waals surface area contributed by atoms with Gasteiger partial charge in [-0.3, -0.25) is 4.79 Å². The minimum absolute atomic E-state index is 0.0450. The molecule has 0 amide bonds. The molecule has 3 heteroatoms. The van der Waals surface area contributed by atoms with Gasteiger partial charge in [-0.25, -0.2) is 0 Å². The predicted octanol–water partition coefficient (Wildman–Crippen LogP) is 0.924. The highest BCUT2D eigenvalue weighted by Crippen LogP contribution is 2.11. The highest BCUT2D eigenvalue weighted by atomic mass is 16.5. The SMILES string of the molecule is CCC(CCCN)C(=O)OC. The highest BCUT2D eigenvalue weighted by molar-refractivity contribution is 5.72. The van der Waals surface area contributed by atoms with Crippen LogP contribution in [0.15, 0.2) is 0 Å². The minimum Gasteiger partial charge on any atom is -0.469 e. The monoisotopic (exact) mass is 159 g/mol. The van der Waals surface area contributed by atoms with Gasteiger partial charge in [0.15, 0.2) is 0 Å². The Kier molecular flexibility index (Phi) is 5.84. The van der Waals surface area contributed by atoms with Gasteiger partial charge in [0.25, 0.3) is 0 Å². The lowest BCUT2D eigenvalue weighted by Gasteiger charge is -2.10. The van der Waals surface area contributed by atoms with E-state index in [0.717, 1.165) is 19.3 Å². The molecule has 0 aliphatic rings.